The van der Waals surface area contributed by atoms with Crippen LogP contribution in [-0.2, 0) is 0 Å². The molecule has 0 saturated heterocycles. The van der Waals surface area contributed by atoms with E-state index >= 15 is 0 Å². The number of ether oxygens (including phenoxy) is 1. The Kier molecular flexibility index (Phi) is 4.84. The van der Waals surface area contributed by atoms with Crippen molar-refractivity contribution in [2.75, 3.05) is 6.61 Å². The monoisotopic (exact) mass is 190 g/mol. The van der Waals surface area contributed by atoms with Crippen LogP contribution < -0.4 is 4.74 Å². The molecule has 0 bridgehead atoms. The molecule has 76 valence electrons. The predicted octanol–water partition coefficient (Wildman–Crippen LogP) is 3.67. The highest BCUT2D eigenvalue weighted by Gasteiger charge is 2.04. The van der Waals surface area contributed by atoms with Gasteiger partial charge < -0.3 is 4.74 Å². The minimum absolute atomic E-state index is 0.590. The molecule has 1 heteroatoms. The van der Waals surface area contributed by atoms with Crippen molar-refractivity contribution in [2.45, 2.75) is 19.8 Å². The maximum atomic E-state index is 5.66. The first-order valence-corrected chi connectivity index (χ1v) is 5.15. The summed E-state index contributed by atoms with van der Waals surface area (Å²) < 4.78 is 5.66. The van der Waals surface area contributed by atoms with E-state index in [9.17, 15) is 0 Å². The highest BCUT2D eigenvalue weighted by Crippen LogP contribution is 2.13. The first-order valence-electron chi connectivity index (χ1n) is 5.15. The molecule has 1 aromatic rings. The highest BCUT2D eigenvalue weighted by molar-refractivity contribution is 5.20. The fourth-order valence-electron chi connectivity index (χ4n) is 1.32. The van der Waals surface area contributed by atoms with Gasteiger partial charge in [0.2, 0.25) is 0 Å². The molecule has 1 aromatic carbocycles. The van der Waals surface area contributed by atoms with Crippen LogP contribution in [0.4, 0.5) is 0 Å². The summed E-state index contributed by atoms with van der Waals surface area (Å²) in [5.41, 5.74) is 0. The molecule has 0 fully saturated rings. The molecular formula is C13H18O. The molecule has 0 aliphatic heterocycles. The number of hydrogen-bond donors (Lipinski definition) is 0. The lowest BCUT2D eigenvalue weighted by Crippen LogP contribution is -2.10. The van der Waals surface area contributed by atoms with Gasteiger partial charge in [-0.25, -0.2) is 0 Å². The van der Waals surface area contributed by atoms with Crippen LogP contribution in [0, 0.1) is 5.92 Å². The SMILES string of the molecule is C=CCC(CC)COc1ccccc1. The molecule has 14 heavy (non-hydrogen) atoms. The van der Waals surface area contributed by atoms with E-state index in [4.69, 9.17) is 4.74 Å². The summed E-state index contributed by atoms with van der Waals surface area (Å²) in [6, 6.07) is 9.95. The number of allylic oxidation sites excluding steroid dienone is 1. The maximum absolute atomic E-state index is 5.66. The molecule has 1 rings (SSSR count). The van der Waals surface area contributed by atoms with Gasteiger partial charge in [-0.1, -0.05) is 31.2 Å². The van der Waals surface area contributed by atoms with E-state index in [2.05, 4.69) is 13.5 Å². The Morgan fingerprint density at radius 1 is 1.36 bits per heavy atom. The average molecular weight is 190 g/mol. The first-order chi connectivity index (χ1) is 6.86. The summed E-state index contributed by atoms with van der Waals surface area (Å²) in [6.07, 6.45) is 4.13. The second-order valence-corrected chi connectivity index (χ2v) is 3.42. The molecule has 0 spiro atoms. The lowest BCUT2D eigenvalue weighted by Gasteiger charge is -2.13. The van der Waals surface area contributed by atoms with Gasteiger partial charge in [0.15, 0.2) is 0 Å². The van der Waals surface area contributed by atoms with Gasteiger partial charge in [0.25, 0.3) is 0 Å². The Labute approximate surface area is 86.4 Å². The van der Waals surface area contributed by atoms with Crippen LogP contribution in [-0.4, -0.2) is 6.61 Å². The van der Waals surface area contributed by atoms with Crippen LogP contribution in [0.5, 0.6) is 5.75 Å². The third kappa shape index (κ3) is 3.65. The summed E-state index contributed by atoms with van der Waals surface area (Å²) in [5.74, 6) is 1.54. The molecule has 1 nitrogen and oxygen atoms in total. The minimum atomic E-state index is 0.590. The van der Waals surface area contributed by atoms with Gasteiger partial charge in [0, 0.05) is 0 Å². The van der Waals surface area contributed by atoms with Crippen LogP contribution in [0.15, 0.2) is 43.0 Å². The largest absolute Gasteiger partial charge is 0.493 e. The number of rotatable bonds is 6. The van der Waals surface area contributed by atoms with Crippen LogP contribution >= 0.6 is 0 Å². The lowest BCUT2D eigenvalue weighted by atomic mass is 10.0. The van der Waals surface area contributed by atoms with Gasteiger partial charge >= 0.3 is 0 Å². The second-order valence-electron chi connectivity index (χ2n) is 3.42. The van der Waals surface area contributed by atoms with E-state index in [0.717, 1.165) is 25.2 Å². The summed E-state index contributed by atoms with van der Waals surface area (Å²) in [7, 11) is 0. The van der Waals surface area contributed by atoms with Crippen molar-refractivity contribution in [2.24, 2.45) is 5.92 Å². The van der Waals surface area contributed by atoms with Crippen LogP contribution in [0.25, 0.3) is 0 Å². The summed E-state index contributed by atoms with van der Waals surface area (Å²) in [4.78, 5) is 0. The minimum Gasteiger partial charge on any atom is -0.493 e. The van der Waals surface area contributed by atoms with Gasteiger partial charge in [-0.15, -0.1) is 6.58 Å². The molecule has 0 amide bonds. The Hall–Kier alpha value is -1.24. The van der Waals surface area contributed by atoms with Crippen molar-refractivity contribution < 1.29 is 4.74 Å². The first kappa shape index (κ1) is 10.8. The van der Waals surface area contributed by atoms with E-state index < -0.39 is 0 Å². The molecule has 0 aliphatic rings. The smallest absolute Gasteiger partial charge is 0.119 e. The van der Waals surface area contributed by atoms with Crippen molar-refractivity contribution >= 4 is 0 Å². The molecule has 0 N–H and O–H groups in total. The maximum Gasteiger partial charge on any atom is 0.119 e. The Morgan fingerprint density at radius 3 is 2.64 bits per heavy atom. The van der Waals surface area contributed by atoms with Crippen molar-refractivity contribution in [3.05, 3.63) is 43.0 Å². The van der Waals surface area contributed by atoms with E-state index in [1.54, 1.807) is 0 Å². The molecule has 1 atom stereocenters. The predicted molar refractivity (Wildman–Crippen MR) is 60.5 cm³/mol. The molecule has 0 aromatic heterocycles. The topological polar surface area (TPSA) is 9.23 Å². The Bertz CT molecular complexity index is 253. The number of para-hydroxylation sites is 1. The van der Waals surface area contributed by atoms with Crippen molar-refractivity contribution in [1.82, 2.24) is 0 Å². The quantitative estimate of drug-likeness (QED) is 0.622. The molecular weight excluding hydrogens is 172 g/mol. The molecule has 0 aliphatic carbocycles. The Morgan fingerprint density at radius 2 is 2.07 bits per heavy atom. The third-order valence-electron chi connectivity index (χ3n) is 2.31. The van der Waals surface area contributed by atoms with E-state index in [1.165, 1.54) is 0 Å². The summed E-state index contributed by atoms with van der Waals surface area (Å²) >= 11 is 0. The fraction of sp³-hybridized carbons (Fsp3) is 0.385. The zero-order valence-corrected chi connectivity index (χ0v) is 8.78. The van der Waals surface area contributed by atoms with E-state index in [-0.39, 0.29) is 0 Å². The van der Waals surface area contributed by atoms with Crippen molar-refractivity contribution in [1.29, 1.82) is 0 Å². The standard InChI is InChI=1S/C13H18O/c1-3-8-12(4-2)11-14-13-9-6-5-7-10-13/h3,5-7,9-10,12H,1,4,8,11H2,2H3. The van der Waals surface area contributed by atoms with Gasteiger partial charge in [-0.05, 0) is 30.9 Å². The summed E-state index contributed by atoms with van der Waals surface area (Å²) in [5, 5.41) is 0. The van der Waals surface area contributed by atoms with Crippen LogP contribution in [0.2, 0.25) is 0 Å². The fourth-order valence-corrected chi connectivity index (χ4v) is 1.32. The summed E-state index contributed by atoms with van der Waals surface area (Å²) in [6.45, 7) is 6.72. The van der Waals surface area contributed by atoms with Crippen molar-refractivity contribution in [3.63, 3.8) is 0 Å². The number of benzene rings is 1. The molecule has 0 radical (unpaired) electrons. The zero-order chi connectivity index (χ0) is 10.2. The van der Waals surface area contributed by atoms with Gasteiger partial charge in [-0.2, -0.15) is 0 Å². The highest BCUT2D eigenvalue weighted by atomic mass is 16.5. The van der Waals surface area contributed by atoms with Gasteiger partial charge in [0.1, 0.15) is 5.75 Å². The molecule has 1 unspecified atom stereocenters. The molecule has 0 heterocycles. The van der Waals surface area contributed by atoms with E-state index in [0.29, 0.717) is 5.92 Å². The lowest BCUT2D eigenvalue weighted by molar-refractivity contribution is 0.246. The average Bonchev–Trinajstić information content (AvgIpc) is 2.25. The van der Waals surface area contributed by atoms with Crippen LogP contribution in [0.3, 0.4) is 0 Å². The van der Waals surface area contributed by atoms with Crippen LogP contribution in [0.1, 0.15) is 19.8 Å². The number of hydrogen-bond acceptors (Lipinski definition) is 1. The van der Waals surface area contributed by atoms with Gasteiger partial charge in [0.05, 0.1) is 6.61 Å². The van der Waals surface area contributed by atoms with Gasteiger partial charge in [-0.3, -0.25) is 0 Å². The third-order valence-corrected chi connectivity index (χ3v) is 2.31. The Balaban J connectivity index is 2.35. The van der Waals surface area contributed by atoms with E-state index in [1.807, 2.05) is 36.4 Å². The van der Waals surface area contributed by atoms with Crippen molar-refractivity contribution in [3.8, 4) is 5.75 Å². The second kappa shape index (κ2) is 6.25. The normalized spacial score (nSPS) is 12.1. The zero-order valence-electron chi connectivity index (χ0n) is 8.78. The molecule has 0 saturated carbocycles.